The van der Waals surface area contributed by atoms with Gasteiger partial charge in [0.1, 0.15) is 22.8 Å². The van der Waals surface area contributed by atoms with Crippen molar-refractivity contribution < 1.29 is 34.8 Å². The zero-order valence-electron chi connectivity index (χ0n) is 23.4. The number of hydrogen-bond acceptors (Lipinski definition) is 8. The van der Waals surface area contributed by atoms with Crippen LogP contribution < -0.4 is 11.1 Å². The average molecular weight is 571 g/mol. The van der Waals surface area contributed by atoms with E-state index in [0.717, 1.165) is 17.7 Å². The first kappa shape index (κ1) is 27.9. The van der Waals surface area contributed by atoms with Gasteiger partial charge < -0.3 is 31.5 Å². The Morgan fingerprint density at radius 1 is 1.07 bits per heavy atom. The molecule has 0 saturated heterocycles. The molecule has 42 heavy (non-hydrogen) atoms. The van der Waals surface area contributed by atoms with Crippen molar-refractivity contribution in [1.82, 2.24) is 5.32 Å². The van der Waals surface area contributed by atoms with E-state index < -0.39 is 52.0 Å². The monoisotopic (exact) mass is 570 g/mol. The number of primary amides is 1. The molecule has 0 aromatic heterocycles. The number of nitrogens with two attached hydrogens (primary N) is 1. The first-order valence-electron chi connectivity index (χ1n) is 14.3. The summed E-state index contributed by atoms with van der Waals surface area (Å²) in [6.07, 6.45) is 12.6. The van der Waals surface area contributed by atoms with E-state index in [0.29, 0.717) is 11.6 Å². The lowest BCUT2D eigenvalue weighted by atomic mass is 9.59. The van der Waals surface area contributed by atoms with Crippen molar-refractivity contribution in [2.75, 3.05) is 6.54 Å². The summed E-state index contributed by atoms with van der Waals surface area (Å²) >= 11 is 0. The number of fused-ring (bicyclic) bond motifs is 4. The highest BCUT2D eigenvalue weighted by Crippen LogP contribution is 2.53. The molecule has 5 aliphatic carbocycles. The van der Waals surface area contributed by atoms with Gasteiger partial charge in [0.25, 0.3) is 5.91 Å². The zero-order chi connectivity index (χ0) is 30.1. The number of aliphatic hydroxyl groups excluding tert-OH is 2. The molecule has 2 unspecified atom stereocenters. The summed E-state index contributed by atoms with van der Waals surface area (Å²) < 4.78 is 0. The molecule has 1 amide bonds. The molecule has 0 bridgehead atoms. The second kappa shape index (κ2) is 9.96. The molecule has 7 N–H and O–H groups in total. The van der Waals surface area contributed by atoms with E-state index in [1.54, 1.807) is 0 Å². The Morgan fingerprint density at radius 2 is 1.79 bits per heavy atom. The average Bonchev–Trinajstić information content (AvgIpc) is 2.93. The van der Waals surface area contributed by atoms with E-state index in [1.165, 1.54) is 11.6 Å². The van der Waals surface area contributed by atoms with Crippen LogP contribution in [0.4, 0.5) is 0 Å². The minimum Gasteiger partial charge on any atom is -0.508 e. The molecule has 9 heteroatoms. The quantitative estimate of drug-likeness (QED) is 0.293. The van der Waals surface area contributed by atoms with Gasteiger partial charge in [-0.25, -0.2) is 0 Å². The predicted molar refractivity (Wildman–Crippen MR) is 156 cm³/mol. The lowest BCUT2D eigenvalue weighted by molar-refractivity contribution is -0.147. The summed E-state index contributed by atoms with van der Waals surface area (Å²) in [6, 6.07) is 3.64. The second-order valence-corrected chi connectivity index (χ2v) is 12.1. The van der Waals surface area contributed by atoms with Crippen molar-refractivity contribution >= 4 is 28.8 Å². The highest BCUT2D eigenvalue weighted by Gasteiger charge is 2.60. The molecule has 9 nitrogen and oxygen atoms in total. The zero-order valence-corrected chi connectivity index (χ0v) is 23.4. The third-order valence-electron chi connectivity index (χ3n) is 9.37. The van der Waals surface area contributed by atoms with Crippen LogP contribution in [0.5, 0.6) is 5.75 Å². The van der Waals surface area contributed by atoms with Gasteiger partial charge >= 0.3 is 0 Å². The minimum absolute atomic E-state index is 0.0217. The van der Waals surface area contributed by atoms with Crippen LogP contribution in [0, 0.1) is 23.7 Å². The van der Waals surface area contributed by atoms with E-state index in [1.807, 2.05) is 18.2 Å². The van der Waals surface area contributed by atoms with Crippen LogP contribution in [0.1, 0.15) is 43.4 Å². The van der Waals surface area contributed by atoms with Crippen LogP contribution in [0.3, 0.4) is 0 Å². The normalized spacial score (nSPS) is 30.0. The SMILES string of the molecule is CC(C)NCC1=CC=C(c2ccc(O)c3c2C[C@H]2C[C@H]4CC(=O)C(C(N)=O)=C(O)[C@@]4(O)C(=O)C2=C3O)C2C=CC=CC12. The molecule has 1 aromatic carbocycles. The van der Waals surface area contributed by atoms with Gasteiger partial charge in [-0.2, -0.15) is 0 Å². The van der Waals surface area contributed by atoms with Gasteiger partial charge in [-0.1, -0.05) is 56.4 Å². The van der Waals surface area contributed by atoms with E-state index in [4.69, 9.17) is 5.73 Å². The summed E-state index contributed by atoms with van der Waals surface area (Å²) in [5.41, 5.74) is 5.62. The number of hydrogen-bond donors (Lipinski definition) is 6. The Bertz CT molecular complexity index is 1620. The van der Waals surface area contributed by atoms with Gasteiger partial charge in [0, 0.05) is 42.3 Å². The van der Waals surface area contributed by atoms with Gasteiger partial charge in [-0.05, 0) is 47.1 Å². The van der Waals surface area contributed by atoms with Gasteiger partial charge in [0.2, 0.25) is 5.78 Å². The molecule has 0 heterocycles. The fourth-order valence-electron chi connectivity index (χ4n) is 7.34. The van der Waals surface area contributed by atoms with Gasteiger partial charge in [-0.15, -0.1) is 0 Å². The number of ketones is 2. The third-order valence-corrected chi connectivity index (χ3v) is 9.37. The van der Waals surface area contributed by atoms with E-state index in [-0.39, 0.29) is 48.0 Å². The maximum atomic E-state index is 13.8. The van der Waals surface area contributed by atoms with E-state index in [9.17, 15) is 34.8 Å². The smallest absolute Gasteiger partial charge is 0.255 e. The highest BCUT2D eigenvalue weighted by molar-refractivity contribution is 6.22. The Balaban J connectivity index is 1.47. The van der Waals surface area contributed by atoms with Crippen LogP contribution in [0.15, 0.2) is 71.1 Å². The number of aromatic hydroxyl groups is 1. The van der Waals surface area contributed by atoms with Crippen molar-refractivity contribution in [2.24, 2.45) is 29.4 Å². The van der Waals surface area contributed by atoms with Crippen LogP contribution in [-0.2, 0) is 20.8 Å². The number of amides is 1. The number of nitrogens with one attached hydrogen (secondary N) is 1. The molecule has 1 fully saturated rings. The molecule has 1 aromatic rings. The number of benzene rings is 1. The molecule has 0 spiro atoms. The van der Waals surface area contributed by atoms with Gasteiger partial charge in [-0.3, -0.25) is 14.4 Å². The molecular formula is C33H34N2O7. The minimum atomic E-state index is -2.58. The standard InChI is InChI=1S/C33H34N2O7/c1-15(2)35-14-16-7-8-21(20-6-4-3-5-19(16)20)22-9-10-24(36)27-23(22)12-17-11-18-13-25(37)28(32(34)41)31(40)33(18,42)30(39)26(17)29(27)38/h3-10,15,17-20,35-36,38,40,42H,11-14H2,1-2H3,(H2,34,41)/t17-,18+,19?,20?,33+/m1/s1. The largest absolute Gasteiger partial charge is 0.508 e. The molecule has 0 aliphatic heterocycles. The Hall–Kier alpha value is -4.21. The maximum Gasteiger partial charge on any atom is 0.255 e. The fourth-order valence-corrected chi connectivity index (χ4v) is 7.34. The summed E-state index contributed by atoms with van der Waals surface area (Å²) in [6.45, 7) is 4.95. The third kappa shape index (κ3) is 4.02. The Kier molecular flexibility index (Phi) is 6.62. The highest BCUT2D eigenvalue weighted by atomic mass is 16.3. The van der Waals surface area contributed by atoms with Crippen LogP contribution in [-0.4, -0.2) is 56.1 Å². The molecule has 0 radical (unpaired) electrons. The summed E-state index contributed by atoms with van der Waals surface area (Å²) in [5, 5.41) is 48.2. The summed E-state index contributed by atoms with van der Waals surface area (Å²) in [4.78, 5) is 38.3. The molecule has 6 rings (SSSR count). The Morgan fingerprint density at radius 3 is 2.48 bits per heavy atom. The number of rotatable bonds is 5. The first-order valence-corrected chi connectivity index (χ1v) is 14.3. The van der Waals surface area contributed by atoms with Crippen molar-refractivity contribution in [3.05, 3.63) is 87.8 Å². The number of phenolic OH excluding ortho intramolecular Hbond substituents is 1. The van der Waals surface area contributed by atoms with Crippen LogP contribution in [0.25, 0.3) is 11.3 Å². The van der Waals surface area contributed by atoms with Gasteiger partial charge in [0.15, 0.2) is 11.4 Å². The van der Waals surface area contributed by atoms with E-state index in [2.05, 4.69) is 43.5 Å². The predicted octanol–water partition coefficient (Wildman–Crippen LogP) is 3.10. The first-order chi connectivity index (χ1) is 19.9. The lowest BCUT2D eigenvalue weighted by Gasteiger charge is -2.46. The summed E-state index contributed by atoms with van der Waals surface area (Å²) in [7, 11) is 0. The number of allylic oxidation sites excluding steroid dienone is 7. The topological polar surface area (TPSA) is 170 Å². The van der Waals surface area contributed by atoms with Crippen LogP contribution >= 0.6 is 0 Å². The van der Waals surface area contributed by atoms with E-state index >= 15 is 0 Å². The number of aliphatic hydroxyl groups is 3. The number of Topliss-reactive ketones (excluding diaryl/α,β-unsaturated/α-hetero) is 2. The number of carbonyl (C=O) groups excluding carboxylic acids is 3. The van der Waals surface area contributed by atoms with Crippen molar-refractivity contribution in [3.8, 4) is 5.75 Å². The molecule has 5 aliphatic rings. The van der Waals surface area contributed by atoms with Crippen LogP contribution in [0.2, 0.25) is 0 Å². The maximum absolute atomic E-state index is 13.8. The molecule has 218 valence electrons. The fraction of sp³-hybridized carbons (Fsp3) is 0.364. The number of phenols is 1. The van der Waals surface area contributed by atoms with Gasteiger partial charge in [0.05, 0.1) is 5.56 Å². The molecule has 5 atom stereocenters. The Labute approximate surface area is 243 Å². The molecular weight excluding hydrogens is 536 g/mol. The van der Waals surface area contributed by atoms with Crippen molar-refractivity contribution in [1.29, 1.82) is 0 Å². The van der Waals surface area contributed by atoms with Crippen molar-refractivity contribution in [3.63, 3.8) is 0 Å². The lowest BCUT2D eigenvalue weighted by Crippen LogP contribution is -2.58. The number of carbonyl (C=O) groups is 3. The molecule has 1 saturated carbocycles. The summed E-state index contributed by atoms with van der Waals surface area (Å²) in [5.74, 6) is -6.20. The second-order valence-electron chi connectivity index (χ2n) is 12.1. The van der Waals surface area contributed by atoms with Crippen molar-refractivity contribution in [2.45, 2.75) is 44.8 Å².